The fraction of sp³-hybridized carbons (Fsp3) is 0.429. The van der Waals surface area contributed by atoms with Crippen molar-refractivity contribution in [3.05, 3.63) is 11.8 Å². The molecule has 0 spiro atoms. The fourth-order valence-electron chi connectivity index (χ4n) is 0.502. The molecule has 0 radical (unpaired) electrons. The number of carboxylic acid groups (broad SMARTS) is 1. The molecule has 0 saturated heterocycles. The van der Waals surface area contributed by atoms with Gasteiger partial charge < -0.3 is 14.9 Å². The maximum Gasteiger partial charge on any atom is 1.00 e. The van der Waals surface area contributed by atoms with Gasteiger partial charge >= 0.3 is 115 Å². The van der Waals surface area contributed by atoms with Crippen LogP contribution in [0.1, 0.15) is 12.8 Å². The number of aliphatic hydroxyl groups excluding tert-OH is 1. The molecular weight excluding hydrogens is 242 g/mol. The van der Waals surface area contributed by atoms with E-state index < -0.39 is 11.9 Å². The summed E-state index contributed by atoms with van der Waals surface area (Å²) in [4.78, 5) is 20.5. The molecule has 0 aliphatic rings. The van der Waals surface area contributed by atoms with E-state index in [1.807, 2.05) is 0 Å². The first-order valence-electron chi connectivity index (χ1n) is 3.25. The van der Waals surface area contributed by atoms with Crippen LogP contribution in [0.5, 0.6) is 0 Å². The molecule has 0 aromatic heterocycles. The summed E-state index contributed by atoms with van der Waals surface area (Å²) in [6.45, 7) is 0. The Morgan fingerprint density at radius 2 is 1.71 bits per heavy atom. The third-order valence-corrected chi connectivity index (χ3v) is 1.08. The molecule has 0 rings (SSSR count). The van der Waals surface area contributed by atoms with Crippen molar-refractivity contribution in [2.75, 3.05) is 7.11 Å². The van der Waals surface area contributed by atoms with Gasteiger partial charge in [-0.1, -0.05) is 0 Å². The molecule has 0 aliphatic carbocycles. The average molecular weight is 252 g/mol. The Labute approximate surface area is 167 Å². The molecule has 0 saturated carbocycles. The van der Waals surface area contributed by atoms with Gasteiger partial charge in [0.05, 0.1) is 19.6 Å². The molecule has 5 nitrogen and oxygen atoms in total. The number of aliphatic carboxylic acids is 1. The Balaban J connectivity index is -0.000000605. The van der Waals surface area contributed by atoms with Crippen molar-refractivity contribution in [2.24, 2.45) is 0 Å². The normalized spacial score (nSPS) is 9.36. The van der Waals surface area contributed by atoms with Crippen LogP contribution in [0, 0.1) is 0 Å². The van der Waals surface area contributed by atoms with E-state index in [1.165, 1.54) is 7.11 Å². The van der Waals surface area contributed by atoms with Crippen molar-refractivity contribution in [3.63, 3.8) is 0 Å². The fourth-order valence-corrected chi connectivity index (χ4v) is 0.502. The summed E-state index contributed by atoms with van der Waals surface area (Å²) in [5.41, 5.74) is 0. The van der Waals surface area contributed by atoms with E-state index in [0.717, 1.165) is 6.08 Å². The van der Waals surface area contributed by atoms with Crippen LogP contribution in [0.15, 0.2) is 11.8 Å². The number of allylic oxidation sites excluding steroid dienone is 1. The molecule has 0 atom stereocenters. The largest absolute Gasteiger partial charge is 1.00 e. The number of rotatable bonds is 4. The van der Waals surface area contributed by atoms with Gasteiger partial charge in [-0.3, -0.25) is 4.79 Å². The third-order valence-electron chi connectivity index (χ3n) is 1.08. The predicted molar refractivity (Wildman–Crippen MR) is 39.6 cm³/mol. The van der Waals surface area contributed by atoms with E-state index in [2.05, 4.69) is 4.74 Å². The molecule has 68 valence electrons. The second kappa shape index (κ2) is 12.8. The summed E-state index contributed by atoms with van der Waals surface area (Å²) in [6.07, 6.45) is 0.576. The molecule has 0 heterocycles. The molecule has 0 unspecified atom stereocenters. The first kappa shape index (κ1) is 21.1. The van der Waals surface area contributed by atoms with Crippen LogP contribution in [0.25, 0.3) is 0 Å². The monoisotopic (exact) mass is 252 g/mol. The number of carbonyl (C=O) groups is 2. The minimum absolute atomic E-state index is 0. The van der Waals surface area contributed by atoms with Crippen molar-refractivity contribution in [2.45, 2.75) is 12.8 Å². The first-order chi connectivity index (χ1) is 5.56. The first-order valence-corrected chi connectivity index (χ1v) is 3.25. The quantitative estimate of drug-likeness (QED) is 0.226. The van der Waals surface area contributed by atoms with E-state index in [1.54, 1.807) is 0 Å². The van der Waals surface area contributed by atoms with Gasteiger partial charge in [0, 0.05) is 6.42 Å². The Morgan fingerprint density at radius 3 is 2.07 bits per heavy atom. The third kappa shape index (κ3) is 13.8. The maximum atomic E-state index is 10.5. The number of carboxylic acids is 1. The van der Waals surface area contributed by atoms with Crippen molar-refractivity contribution < 1.29 is 127 Å². The van der Waals surface area contributed by atoms with Gasteiger partial charge in [-0.15, -0.1) is 0 Å². The average Bonchev–Trinajstić information content (AvgIpc) is 2.00. The second-order valence-electron chi connectivity index (χ2n) is 2.05. The van der Waals surface area contributed by atoms with Gasteiger partial charge in [0.15, 0.2) is 0 Å². The summed E-state index contributed by atoms with van der Waals surface area (Å²) >= 11 is 0. The Morgan fingerprint density at radius 1 is 1.21 bits per heavy atom. The zero-order valence-corrected chi connectivity index (χ0v) is 14.9. The van der Waals surface area contributed by atoms with Crippen molar-refractivity contribution in [1.29, 1.82) is 0 Å². The molecular formula is C7H10K2O5+2. The molecule has 0 bridgehead atoms. The zero-order chi connectivity index (χ0) is 9.56. The Hall–Kier alpha value is 1.75. The summed E-state index contributed by atoms with van der Waals surface area (Å²) in [5, 5.41) is 17.1. The van der Waals surface area contributed by atoms with Crippen molar-refractivity contribution in [3.8, 4) is 0 Å². The van der Waals surface area contributed by atoms with Crippen LogP contribution >= 0.6 is 0 Å². The van der Waals surface area contributed by atoms with Crippen LogP contribution in [-0.4, -0.2) is 29.3 Å². The topological polar surface area (TPSA) is 83.8 Å². The smallest absolute Gasteiger partial charge is 0.512 e. The van der Waals surface area contributed by atoms with E-state index in [4.69, 9.17) is 10.2 Å². The molecule has 0 aromatic rings. The molecule has 0 aromatic carbocycles. The van der Waals surface area contributed by atoms with Gasteiger partial charge in [-0.2, -0.15) is 0 Å². The van der Waals surface area contributed by atoms with Crippen LogP contribution in [0.3, 0.4) is 0 Å². The maximum absolute atomic E-state index is 10.5. The van der Waals surface area contributed by atoms with Crippen LogP contribution < -0.4 is 103 Å². The summed E-state index contributed by atoms with van der Waals surface area (Å²) < 4.78 is 4.20. The zero-order valence-electron chi connectivity index (χ0n) is 8.61. The van der Waals surface area contributed by atoms with Gasteiger partial charge in [0.1, 0.15) is 5.76 Å². The number of carbonyl (C=O) groups excluding carboxylic acids is 1. The predicted octanol–water partition coefficient (Wildman–Crippen LogP) is -5.53. The van der Waals surface area contributed by atoms with E-state index in [9.17, 15) is 9.59 Å². The number of esters is 1. The standard InChI is InChI=1S/C7H10O5.2K/c1-12-7(11)4-5(8)2-3-6(9)10;;/h4,8H,2-3H2,1H3,(H,9,10);;/q;2*+1/b5-4-;;. The number of methoxy groups -OCH3 is 1. The van der Waals surface area contributed by atoms with Crippen LogP contribution in [-0.2, 0) is 14.3 Å². The summed E-state index contributed by atoms with van der Waals surface area (Å²) in [5.74, 6) is -2.01. The van der Waals surface area contributed by atoms with Gasteiger partial charge in [-0.25, -0.2) is 4.79 Å². The number of aliphatic hydroxyl groups is 1. The van der Waals surface area contributed by atoms with E-state index >= 15 is 0 Å². The van der Waals surface area contributed by atoms with Crippen molar-refractivity contribution in [1.82, 2.24) is 0 Å². The number of ether oxygens (including phenoxy) is 1. The summed E-state index contributed by atoms with van der Waals surface area (Å²) in [6, 6.07) is 0. The molecule has 7 heteroatoms. The van der Waals surface area contributed by atoms with Gasteiger partial charge in [-0.05, 0) is 0 Å². The van der Waals surface area contributed by atoms with Crippen LogP contribution in [0.4, 0.5) is 0 Å². The minimum atomic E-state index is -1.03. The second-order valence-corrected chi connectivity index (χ2v) is 2.05. The molecule has 0 aliphatic heterocycles. The molecule has 14 heavy (non-hydrogen) atoms. The Kier molecular flexibility index (Phi) is 19.3. The molecule has 2 N–H and O–H groups in total. The van der Waals surface area contributed by atoms with E-state index in [0.29, 0.717) is 0 Å². The van der Waals surface area contributed by atoms with Crippen molar-refractivity contribution >= 4 is 11.9 Å². The molecule has 0 fully saturated rings. The number of hydrogen-bond donors (Lipinski definition) is 2. The SMILES string of the molecule is COC(=O)/C=C(\O)CCC(=O)O.[K+].[K+]. The van der Waals surface area contributed by atoms with Gasteiger partial charge in [0.25, 0.3) is 0 Å². The molecule has 0 amide bonds. The van der Waals surface area contributed by atoms with Crippen LogP contribution in [0.2, 0.25) is 0 Å². The number of hydrogen-bond acceptors (Lipinski definition) is 4. The minimum Gasteiger partial charge on any atom is -0.512 e. The van der Waals surface area contributed by atoms with Gasteiger partial charge in [0.2, 0.25) is 0 Å². The summed E-state index contributed by atoms with van der Waals surface area (Å²) in [7, 11) is 1.17. The van der Waals surface area contributed by atoms with E-state index in [-0.39, 0.29) is 121 Å². The Bertz CT molecular complexity index is 214.